The maximum atomic E-state index is 12.4. The van der Waals surface area contributed by atoms with Crippen molar-refractivity contribution >= 4 is 26.5 Å². The molecule has 1 saturated heterocycles. The second-order valence-corrected chi connectivity index (χ2v) is 9.11. The summed E-state index contributed by atoms with van der Waals surface area (Å²) in [5, 5.41) is 5.25. The summed E-state index contributed by atoms with van der Waals surface area (Å²) < 4.78 is 23.0. The third kappa shape index (κ3) is 4.38. The van der Waals surface area contributed by atoms with Gasteiger partial charge in [0.05, 0.1) is 17.5 Å². The Labute approximate surface area is 148 Å². The molecule has 2 atom stereocenters. The van der Waals surface area contributed by atoms with E-state index in [9.17, 15) is 13.2 Å². The molecule has 1 amide bonds. The second kappa shape index (κ2) is 7.14. The zero-order chi connectivity index (χ0) is 18.0. The van der Waals surface area contributed by atoms with Crippen LogP contribution in [0, 0.1) is 0 Å². The van der Waals surface area contributed by atoms with Gasteiger partial charge < -0.3 is 5.32 Å². The van der Waals surface area contributed by atoms with Crippen LogP contribution in [0.1, 0.15) is 18.9 Å². The molecule has 0 unspecified atom stereocenters. The summed E-state index contributed by atoms with van der Waals surface area (Å²) in [4.78, 5) is 14.4. The van der Waals surface area contributed by atoms with Gasteiger partial charge in [0.15, 0.2) is 9.84 Å². The molecular formula is C19H24N2O3S. The summed E-state index contributed by atoms with van der Waals surface area (Å²) >= 11 is 0. The van der Waals surface area contributed by atoms with Gasteiger partial charge in [-0.1, -0.05) is 36.4 Å². The van der Waals surface area contributed by atoms with E-state index in [1.807, 2.05) is 31.0 Å². The van der Waals surface area contributed by atoms with Crippen LogP contribution in [0.5, 0.6) is 0 Å². The van der Waals surface area contributed by atoms with Crippen molar-refractivity contribution in [3.05, 3.63) is 48.0 Å². The number of carbonyl (C=O) groups is 1. The maximum Gasteiger partial charge on any atom is 0.237 e. The fourth-order valence-electron chi connectivity index (χ4n) is 3.19. The molecule has 134 valence electrons. The van der Waals surface area contributed by atoms with Gasteiger partial charge in [-0.2, -0.15) is 0 Å². The van der Waals surface area contributed by atoms with Crippen molar-refractivity contribution < 1.29 is 13.2 Å². The highest BCUT2D eigenvalue weighted by atomic mass is 32.2. The molecule has 1 aliphatic heterocycles. The summed E-state index contributed by atoms with van der Waals surface area (Å²) in [5.41, 5.74) is 1.14. The van der Waals surface area contributed by atoms with Crippen molar-refractivity contribution in [1.29, 1.82) is 0 Å². The average Bonchev–Trinajstić information content (AvgIpc) is 2.92. The molecule has 0 aliphatic carbocycles. The van der Waals surface area contributed by atoms with Gasteiger partial charge in [0.25, 0.3) is 0 Å². The van der Waals surface area contributed by atoms with Crippen LogP contribution < -0.4 is 5.32 Å². The minimum atomic E-state index is -2.98. The Morgan fingerprint density at radius 1 is 1.24 bits per heavy atom. The lowest BCUT2D eigenvalue weighted by atomic mass is 10.1. The van der Waals surface area contributed by atoms with Crippen molar-refractivity contribution in [2.45, 2.75) is 32.0 Å². The third-order valence-electron chi connectivity index (χ3n) is 4.87. The second-order valence-electron chi connectivity index (χ2n) is 6.88. The van der Waals surface area contributed by atoms with Crippen LogP contribution in [0.4, 0.5) is 0 Å². The molecule has 2 aromatic carbocycles. The fourth-order valence-corrected chi connectivity index (χ4v) is 4.87. The van der Waals surface area contributed by atoms with Gasteiger partial charge in [-0.3, -0.25) is 9.69 Å². The molecular weight excluding hydrogens is 336 g/mol. The van der Waals surface area contributed by atoms with E-state index in [0.717, 1.165) is 5.56 Å². The first-order valence-corrected chi connectivity index (χ1v) is 10.3. The highest BCUT2D eigenvalue weighted by Gasteiger charge is 2.30. The van der Waals surface area contributed by atoms with Gasteiger partial charge in [0.2, 0.25) is 5.91 Å². The van der Waals surface area contributed by atoms with E-state index in [4.69, 9.17) is 0 Å². The highest BCUT2D eigenvalue weighted by molar-refractivity contribution is 7.91. The van der Waals surface area contributed by atoms with Crippen molar-refractivity contribution in [1.82, 2.24) is 10.2 Å². The number of rotatable bonds is 5. The normalized spacial score (nSPS) is 20.7. The summed E-state index contributed by atoms with van der Waals surface area (Å²) in [5.74, 6) is 0.101. The minimum absolute atomic E-state index is 0.0554. The Kier molecular flexibility index (Phi) is 5.11. The SMILES string of the molecule is C[C@@H](C(=O)N[C@@H]1CCS(=O)(=O)C1)N(C)Cc1ccc2ccccc2c1. The van der Waals surface area contributed by atoms with Crippen LogP contribution in [0.25, 0.3) is 10.8 Å². The Bertz CT molecular complexity index is 879. The number of hydrogen-bond donors (Lipinski definition) is 1. The van der Waals surface area contributed by atoms with Crippen molar-refractivity contribution in [2.24, 2.45) is 0 Å². The van der Waals surface area contributed by atoms with Crippen LogP contribution in [-0.2, 0) is 21.2 Å². The zero-order valence-electron chi connectivity index (χ0n) is 14.6. The molecule has 0 bridgehead atoms. The first-order chi connectivity index (χ1) is 11.8. The van der Waals surface area contributed by atoms with Crippen LogP contribution in [0.3, 0.4) is 0 Å². The Hall–Kier alpha value is -1.92. The van der Waals surface area contributed by atoms with Crippen molar-refractivity contribution in [3.8, 4) is 0 Å². The Balaban J connectivity index is 1.61. The summed E-state index contributed by atoms with van der Waals surface area (Å²) in [6, 6.07) is 13.9. The first kappa shape index (κ1) is 17.9. The maximum absolute atomic E-state index is 12.4. The van der Waals surface area contributed by atoms with Gasteiger partial charge in [0.1, 0.15) is 0 Å². The zero-order valence-corrected chi connectivity index (χ0v) is 15.4. The minimum Gasteiger partial charge on any atom is -0.351 e. The predicted octanol–water partition coefficient (Wildman–Crippen LogP) is 1.96. The largest absolute Gasteiger partial charge is 0.351 e. The Morgan fingerprint density at radius 3 is 2.64 bits per heavy atom. The highest BCUT2D eigenvalue weighted by Crippen LogP contribution is 2.17. The number of hydrogen-bond acceptors (Lipinski definition) is 4. The molecule has 5 nitrogen and oxygen atoms in total. The molecule has 6 heteroatoms. The number of nitrogens with one attached hydrogen (secondary N) is 1. The van der Waals surface area contributed by atoms with Crippen molar-refractivity contribution in [3.63, 3.8) is 0 Å². The number of amides is 1. The third-order valence-corrected chi connectivity index (χ3v) is 6.63. The van der Waals surface area contributed by atoms with Gasteiger partial charge in [-0.25, -0.2) is 8.42 Å². The molecule has 0 aromatic heterocycles. The molecule has 1 aliphatic rings. The van der Waals surface area contributed by atoms with Crippen LogP contribution in [0.2, 0.25) is 0 Å². The molecule has 3 rings (SSSR count). The number of sulfone groups is 1. The van der Waals surface area contributed by atoms with Crippen LogP contribution in [0.15, 0.2) is 42.5 Å². The van der Waals surface area contributed by atoms with E-state index in [1.165, 1.54) is 10.8 Å². The topological polar surface area (TPSA) is 66.5 Å². The quantitative estimate of drug-likeness (QED) is 0.885. The lowest BCUT2D eigenvalue weighted by Crippen LogP contribution is -2.47. The van der Waals surface area contributed by atoms with E-state index in [1.54, 1.807) is 0 Å². The van der Waals surface area contributed by atoms with E-state index in [2.05, 4.69) is 35.6 Å². The fraction of sp³-hybridized carbons (Fsp3) is 0.421. The Morgan fingerprint density at radius 2 is 1.96 bits per heavy atom. The van der Waals surface area contributed by atoms with Crippen molar-refractivity contribution in [2.75, 3.05) is 18.6 Å². The predicted molar refractivity (Wildman–Crippen MR) is 100 cm³/mol. The van der Waals surface area contributed by atoms with Crippen LogP contribution >= 0.6 is 0 Å². The number of likely N-dealkylation sites (N-methyl/N-ethyl adjacent to an activating group) is 1. The summed E-state index contributed by atoms with van der Waals surface area (Å²) in [6.07, 6.45) is 0.509. The van der Waals surface area contributed by atoms with E-state index in [-0.39, 0.29) is 29.5 Å². The number of benzene rings is 2. The van der Waals surface area contributed by atoms with Gasteiger partial charge in [-0.15, -0.1) is 0 Å². The molecule has 1 heterocycles. The molecule has 0 spiro atoms. The molecule has 0 saturated carbocycles. The lowest BCUT2D eigenvalue weighted by molar-refractivity contribution is -0.126. The van der Waals surface area contributed by atoms with Crippen LogP contribution in [-0.4, -0.2) is 49.9 Å². The molecule has 2 aromatic rings. The summed E-state index contributed by atoms with van der Waals surface area (Å²) in [6.45, 7) is 2.50. The smallest absolute Gasteiger partial charge is 0.237 e. The van der Waals surface area contributed by atoms with Gasteiger partial charge in [0, 0.05) is 12.6 Å². The molecule has 1 N–H and O–H groups in total. The number of fused-ring (bicyclic) bond motifs is 1. The van der Waals surface area contributed by atoms with E-state index < -0.39 is 9.84 Å². The molecule has 0 radical (unpaired) electrons. The number of nitrogens with zero attached hydrogens (tertiary/aromatic N) is 1. The van der Waals surface area contributed by atoms with Gasteiger partial charge in [-0.05, 0) is 42.8 Å². The van der Waals surface area contributed by atoms with E-state index in [0.29, 0.717) is 13.0 Å². The monoisotopic (exact) mass is 360 g/mol. The lowest BCUT2D eigenvalue weighted by Gasteiger charge is -2.25. The standard InChI is InChI=1S/C19H24N2O3S/c1-14(19(22)20-18-9-10-25(23,24)13-18)21(2)12-15-7-8-16-5-3-4-6-17(16)11-15/h3-8,11,14,18H,9-10,12-13H2,1-2H3,(H,20,22)/t14-,18+/m0/s1. The summed E-state index contributed by atoms with van der Waals surface area (Å²) in [7, 11) is -1.08. The van der Waals surface area contributed by atoms with E-state index >= 15 is 0 Å². The average molecular weight is 360 g/mol. The van der Waals surface area contributed by atoms with Gasteiger partial charge >= 0.3 is 0 Å². The molecule has 25 heavy (non-hydrogen) atoms. The molecule has 1 fully saturated rings. The number of carbonyl (C=O) groups excluding carboxylic acids is 1. The first-order valence-electron chi connectivity index (χ1n) is 8.53.